The lowest BCUT2D eigenvalue weighted by atomic mass is 10.3. The van der Waals surface area contributed by atoms with Crippen molar-refractivity contribution in [3.63, 3.8) is 0 Å². The summed E-state index contributed by atoms with van der Waals surface area (Å²) in [7, 11) is -3.83. The summed E-state index contributed by atoms with van der Waals surface area (Å²) in [5, 5.41) is 12.3. The fourth-order valence-electron chi connectivity index (χ4n) is 1.74. The number of aromatic hydroxyl groups is 1. The molecule has 20 heavy (non-hydrogen) atoms. The molecule has 1 amide bonds. The number of amides is 1. The molecule has 0 atom stereocenters. The summed E-state index contributed by atoms with van der Waals surface area (Å²) in [4.78, 5) is 10.8. The first-order chi connectivity index (χ1) is 9.41. The third-order valence-corrected chi connectivity index (χ3v) is 4.42. The molecule has 0 bridgehead atoms. The van der Waals surface area contributed by atoms with Crippen LogP contribution in [0.25, 0.3) is 0 Å². The number of phenols is 1. The number of rotatable bonds is 3. The highest BCUT2D eigenvalue weighted by Crippen LogP contribution is 2.30. The number of phenolic OH excluding ortho intramolecular Hbond substituents is 1. The van der Waals surface area contributed by atoms with Gasteiger partial charge in [0, 0.05) is 12.6 Å². The number of hydrogen-bond donors (Lipinski definition) is 2. The second-order valence-electron chi connectivity index (χ2n) is 4.18. The Morgan fingerprint density at radius 2 is 1.75 bits per heavy atom. The first-order valence-electron chi connectivity index (χ1n) is 5.82. The summed E-state index contributed by atoms with van der Waals surface area (Å²) >= 11 is 0. The number of sulfone groups is 1. The summed E-state index contributed by atoms with van der Waals surface area (Å²) < 4.78 is 24.8. The third kappa shape index (κ3) is 2.80. The van der Waals surface area contributed by atoms with Crippen LogP contribution in [0.3, 0.4) is 0 Å². The molecule has 0 fully saturated rings. The molecular formula is C14H13NO4S. The van der Waals surface area contributed by atoms with Crippen LogP contribution in [0, 0.1) is 0 Å². The Labute approximate surface area is 116 Å². The Bertz CT molecular complexity index is 739. The van der Waals surface area contributed by atoms with Gasteiger partial charge in [-0.15, -0.1) is 0 Å². The minimum atomic E-state index is -3.83. The number of nitrogens with one attached hydrogen (secondary N) is 1. The topological polar surface area (TPSA) is 83.5 Å². The first-order valence-corrected chi connectivity index (χ1v) is 7.30. The molecule has 0 aliphatic rings. The summed E-state index contributed by atoms with van der Waals surface area (Å²) in [6.07, 6.45) is 0. The third-order valence-electron chi connectivity index (χ3n) is 2.62. The van der Waals surface area contributed by atoms with Gasteiger partial charge in [0.25, 0.3) is 0 Å². The van der Waals surface area contributed by atoms with Gasteiger partial charge in [0.2, 0.25) is 15.7 Å². The molecule has 0 spiro atoms. The van der Waals surface area contributed by atoms with Crippen molar-refractivity contribution in [2.75, 3.05) is 5.32 Å². The SMILES string of the molecule is CC(=O)Nc1ccc(O)c(S(=O)(=O)c2ccccc2)c1. The zero-order valence-corrected chi connectivity index (χ0v) is 11.5. The summed E-state index contributed by atoms with van der Waals surface area (Å²) in [5.41, 5.74) is 0.310. The minimum Gasteiger partial charge on any atom is -0.507 e. The lowest BCUT2D eigenvalue weighted by Gasteiger charge is -2.09. The van der Waals surface area contributed by atoms with Crippen LogP contribution in [0.5, 0.6) is 5.75 Å². The van der Waals surface area contributed by atoms with Gasteiger partial charge < -0.3 is 10.4 Å². The maximum Gasteiger partial charge on any atom is 0.221 e. The molecule has 0 aliphatic heterocycles. The largest absolute Gasteiger partial charge is 0.507 e. The van der Waals surface area contributed by atoms with Crippen LogP contribution in [-0.4, -0.2) is 19.4 Å². The molecule has 0 saturated heterocycles. The lowest BCUT2D eigenvalue weighted by molar-refractivity contribution is -0.114. The average Bonchev–Trinajstić information content (AvgIpc) is 2.41. The zero-order chi connectivity index (χ0) is 14.8. The van der Waals surface area contributed by atoms with E-state index in [1.54, 1.807) is 18.2 Å². The normalized spacial score (nSPS) is 11.1. The Kier molecular flexibility index (Phi) is 3.76. The van der Waals surface area contributed by atoms with Crippen molar-refractivity contribution in [2.24, 2.45) is 0 Å². The van der Waals surface area contributed by atoms with E-state index in [2.05, 4.69) is 5.32 Å². The maximum atomic E-state index is 12.4. The Balaban J connectivity index is 2.54. The predicted molar refractivity (Wildman–Crippen MR) is 74.3 cm³/mol. The van der Waals surface area contributed by atoms with Crippen LogP contribution >= 0.6 is 0 Å². The second kappa shape index (κ2) is 5.34. The van der Waals surface area contributed by atoms with Crippen molar-refractivity contribution >= 4 is 21.4 Å². The number of carbonyl (C=O) groups is 1. The number of benzene rings is 2. The van der Waals surface area contributed by atoms with Gasteiger partial charge in [0.05, 0.1) is 4.90 Å². The van der Waals surface area contributed by atoms with E-state index in [-0.39, 0.29) is 21.4 Å². The van der Waals surface area contributed by atoms with Crippen molar-refractivity contribution < 1.29 is 18.3 Å². The van der Waals surface area contributed by atoms with Gasteiger partial charge in [-0.1, -0.05) is 18.2 Å². The summed E-state index contributed by atoms with van der Waals surface area (Å²) in [6, 6.07) is 11.7. The molecule has 0 aliphatic carbocycles. The molecular weight excluding hydrogens is 278 g/mol. The highest BCUT2D eigenvalue weighted by atomic mass is 32.2. The maximum absolute atomic E-state index is 12.4. The lowest BCUT2D eigenvalue weighted by Crippen LogP contribution is -2.08. The van der Waals surface area contributed by atoms with Gasteiger partial charge >= 0.3 is 0 Å². The number of hydrogen-bond acceptors (Lipinski definition) is 4. The van der Waals surface area contributed by atoms with Crippen LogP contribution in [0.15, 0.2) is 58.3 Å². The molecule has 2 rings (SSSR count). The van der Waals surface area contributed by atoms with Crippen LogP contribution in [0.1, 0.15) is 6.92 Å². The van der Waals surface area contributed by atoms with Crippen molar-refractivity contribution in [3.8, 4) is 5.75 Å². The number of anilines is 1. The van der Waals surface area contributed by atoms with Crippen LogP contribution in [0.2, 0.25) is 0 Å². The van der Waals surface area contributed by atoms with E-state index in [1.807, 2.05) is 0 Å². The van der Waals surface area contributed by atoms with Gasteiger partial charge in [-0.25, -0.2) is 8.42 Å². The van der Waals surface area contributed by atoms with Crippen molar-refractivity contribution in [1.29, 1.82) is 0 Å². The van der Waals surface area contributed by atoms with Gasteiger partial charge in [-0.05, 0) is 30.3 Å². The van der Waals surface area contributed by atoms with Gasteiger partial charge in [-0.2, -0.15) is 0 Å². The molecule has 0 unspecified atom stereocenters. The van der Waals surface area contributed by atoms with E-state index in [1.165, 1.54) is 37.3 Å². The quantitative estimate of drug-likeness (QED) is 0.849. The number of carbonyl (C=O) groups excluding carboxylic acids is 1. The monoisotopic (exact) mass is 291 g/mol. The molecule has 2 aromatic carbocycles. The van der Waals surface area contributed by atoms with E-state index in [0.29, 0.717) is 5.69 Å². The van der Waals surface area contributed by atoms with Crippen molar-refractivity contribution in [3.05, 3.63) is 48.5 Å². The molecule has 104 valence electrons. The highest BCUT2D eigenvalue weighted by molar-refractivity contribution is 7.91. The molecule has 0 aromatic heterocycles. The fourth-order valence-corrected chi connectivity index (χ4v) is 3.13. The average molecular weight is 291 g/mol. The van der Waals surface area contributed by atoms with Gasteiger partial charge in [0.15, 0.2) is 0 Å². The molecule has 2 aromatic rings. The van der Waals surface area contributed by atoms with Gasteiger partial charge in [-0.3, -0.25) is 4.79 Å². The smallest absolute Gasteiger partial charge is 0.221 e. The minimum absolute atomic E-state index is 0.0790. The summed E-state index contributed by atoms with van der Waals surface area (Å²) in [6.45, 7) is 1.32. The fraction of sp³-hybridized carbons (Fsp3) is 0.0714. The van der Waals surface area contributed by atoms with Crippen molar-refractivity contribution in [2.45, 2.75) is 16.7 Å². The Morgan fingerprint density at radius 3 is 2.35 bits per heavy atom. The molecule has 2 N–H and O–H groups in total. The first kappa shape index (κ1) is 14.1. The van der Waals surface area contributed by atoms with Crippen LogP contribution in [-0.2, 0) is 14.6 Å². The molecule has 0 heterocycles. The van der Waals surface area contributed by atoms with E-state index in [4.69, 9.17) is 0 Å². The Morgan fingerprint density at radius 1 is 1.10 bits per heavy atom. The molecule has 5 nitrogen and oxygen atoms in total. The second-order valence-corrected chi connectivity index (χ2v) is 6.10. The van der Waals surface area contributed by atoms with Crippen molar-refractivity contribution in [1.82, 2.24) is 0 Å². The van der Waals surface area contributed by atoms with E-state index in [0.717, 1.165) is 0 Å². The molecule has 0 saturated carbocycles. The Hall–Kier alpha value is -2.34. The molecule has 0 radical (unpaired) electrons. The van der Waals surface area contributed by atoms with E-state index in [9.17, 15) is 18.3 Å². The predicted octanol–water partition coefficient (Wildman–Crippen LogP) is 2.18. The standard InChI is InChI=1S/C14H13NO4S/c1-10(16)15-11-7-8-13(17)14(9-11)20(18,19)12-5-3-2-4-6-12/h2-9,17H,1H3,(H,15,16). The summed E-state index contributed by atoms with van der Waals surface area (Å²) in [5.74, 6) is -0.679. The van der Waals surface area contributed by atoms with Gasteiger partial charge in [0.1, 0.15) is 10.6 Å². The van der Waals surface area contributed by atoms with Crippen LogP contribution in [0.4, 0.5) is 5.69 Å². The molecule has 6 heteroatoms. The van der Waals surface area contributed by atoms with E-state index < -0.39 is 9.84 Å². The zero-order valence-electron chi connectivity index (χ0n) is 10.7. The highest BCUT2D eigenvalue weighted by Gasteiger charge is 2.21. The van der Waals surface area contributed by atoms with Crippen LogP contribution < -0.4 is 5.32 Å². The van der Waals surface area contributed by atoms with E-state index >= 15 is 0 Å².